The zero-order valence-corrected chi connectivity index (χ0v) is 13.6. The van der Waals surface area contributed by atoms with Crippen molar-refractivity contribution in [2.45, 2.75) is 31.8 Å². The molecule has 4 amide bonds. The summed E-state index contributed by atoms with van der Waals surface area (Å²) in [6, 6.07) is 6.67. The van der Waals surface area contributed by atoms with Gasteiger partial charge in [-0.1, -0.05) is 12.1 Å². The van der Waals surface area contributed by atoms with Crippen molar-refractivity contribution in [1.82, 2.24) is 15.1 Å². The zero-order chi connectivity index (χ0) is 16.8. The summed E-state index contributed by atoms with van der Waals surface area (Å²) in [6.07, 6.45) is 1.97. The molecule has 1 aromatic carbocycles. The van der Waals surface area contributed by atoms with E-state index in [0.717, 1.165) is 18.4 Å². The number of amides is 4. The predicted octanol–water partition coefficient (Wildman–Crippen LogP) is 1.61. The van der Waals surface area contributed by atoms with Crippen molar-refractivity contribution in [2.75, 3.05) is 14.1 Å². The minimum atomic E-state index is -0.752. The summed E-state index contributed by atoms with van der Waals surface area (Å²) in [4.78, 5) is 39.3. The average molecular weight is 315 g/mol. The van der Waals surface area contributed by atoms with Gasteiger partial charge < -0.3 is 10.2 Å². The van der Waals surface area contributed by atoms with Gasteiger partial charge in [0.15, 0.2) is 0 Å². The molecule has 1 aromatic rings. The average Bonchev–Trinajstić information content (AvgIpc) is 3.33. The molecule has 6 heteroatoms. The molecular formula is C17H21N3O3. The van der Waals surface area contributed by atoms with E-state index in [4.69, 9.17) is 0 Å². The molecule has 0 aromatic heterocycles. The monoisotopic (exact) mass is 315 g/mol. The Balaban J connectivity index is 1.73. The molecule has 122 valence electrons. The third-order valence-electron chi connectivity index (χ3n) is 4.64. The van der Waals surface area contributed by atoms with E-state index in [1.54, 1.807) is 38.4 Å². The molecule has 1 saturated heterocycles. The Morgan fingerprint density at radius 3 is 2.39 bits per heavy atom. The Morgan fingerprint density at radius 2 is 1.87 bits per heavy atom. The van der Waals surface area contributed by atoms with Crippen LogP contribution in [-0.4, -0.2) is 47.3 Å². The molecule has 1 saturated carbocycles. The number of urea groups is 1. The van der Waals surface area contributed by atoms with Crippen LogP contribution in [0.15, 0.2) is 24.3 Å². The lowest BCUT2D eigenvalue weighted by molar-refractivity contribution is -0.131. The van der Waals surface area contributed by atoms with Crippen molar-refractivity contribution in [2.24, 2.45) is 5.92 Å². The van der Waals surface area contributed by atoms with Crippen LogP contribution in [0, 0.1) is 5.92 Å². The van der Waals surface area contributed by atoms with Crippen molar-refractivity contribution >= 4 is 17.8 Å². The summed E-state index contributed by atoms with van der Waals surface area (Å²) in [5.41, 5.74) is 0.653. The van der Waals surface area contributed by atoms with Gasteiger partial charge >= 0.3 is 6.03 Å². The molecular weight excluding hydrogens is 294 g/mol. The Morgan fingerprint density at radius 1 is 1.26 bits per heavy atom. The number of carbonyl (C=O) groups excluding carboxylic acids is 3. The first-order valence-electron chi connectivity index (χ1n) is 7.77. The highest BCUT2D eigenvalue weighted by atomic mass is 16.2. The fraction of sp³-hybridized carbons (Fsp3) is 0.471. The first kappa shape index (κ1) is 15.5. The topological polar surface area (TPSA) is 69.7 Å². The lowest BCUT2D eigenvalue weighted by Gasteiger charge is -2.21. The Labute approximate surface area is 135 Å². The van der Waals surface area contributed by atoms with Gasteiger partial charge in [-0.15, -0.1) is 0 Å². The second-order valence-electron chi connectivity index (χ2n) is 6.69. The zero-order valence-electron chi connectivity index (χ0n) is 13.6. The van der Waals surface area contributed by atoms with E-state index >= 15 is 0 Å². The summed E-state index contributed by atoms with van der Waals surface area (Å²) >= 11 is 0. The van der Waals surface area contributed by atoms with Crippen LogP contribution in [0.1, 0.15) is 35.7 Å². The van der Waals surface area contributed by atoms with Crippen LogP contribution in [0.25, 0.3) is 0 Å². The van der Waals surface area contributed by atoms with Gasteiger partial charge in [-0.05, 0) is 43.4 Å². The number of nitrogens with zero attached hydrogens (tertiary/aromatic N) is 2. The quantitative estimate of drug-likeness (QED) is 0.858. The van der Waals surface area contributed by atoms with Gasteiger partial charge in [-0.3, -0.25) is 14.5 Å². The van der Waals surface area contributed by atoms with Gasteiger partial charge in [0.1, 0.15) is 5.54 Å². The third kappa shape index (κ3) is 2.69. The molecule has 1 atom stereocenters. The highest BCUT2D eigenvalue weighted by Crippen LogP contribution is 2.42. The Kier molecular flexibility index (Phi) is 3.62. The number of hydrogen-bond donors (Lipinski definition) is 1. The second-order valence-corrected chi connectivity index (χ2v) is 6.69. The fourth-order valence-corrected chi connectivity index (χ4v) is 2.99. The number of carbonyl (C=O) groups is 3. The van der Waals surface area contributed by atoms with Crippen LogP contribution in [0.3, 0.4) is 0 Å². The van der Waals surface area contributed by atoms with Crippen molar-refractivity contribution < 1.29 is 14.4 Å². The van der Waals surface area contributed by atoms with Gasteiger partial charge in [-0.25, -0.2) is 4.79 Å². The van der Waals surface area contributed by atoms with E-state index in [0.29, 0.717) is 5.56 Å². The predicted molar refractivity (Wildman–Crippen MR) is 84.7 cm³/mol. The molecule has 23 heavy (non-hydrogen) atoms. The van der Waals surface area contributed by atoms with Crippen LogP contribution >= 0.6 is 0 Å². The minimum absolute atomic E-state index is 0.0761. The van der Waals surface area contributed by atoms with Gasteiger partial charge in [0.25, 0.3) is 11.8 Å². The highest BCUT2D eigenvalue weighted by Gasteiger charge is 2.55. The maximum Gasteiger partial charge on any atom is 0.325 e. The fourth-order valence-electron chi connectivity index (χ4n) is 2.99. The molecule has 0 spiro atoms. The maximum atomic E-state index is 12.6. The van der Waals surface area contributed by atoms with E-state index in [1.807, 2.05) is 6.92 Å². The molecule has 1 aliphatic heterocycles. The first-order chi connectivity index (χ1) is 10.8. The highest BCUT2D eigenvalue weighted by molar-refractivity contribution is 6.07. The second kappa shape index (κ2) is 5.37. The standard InChI is InChI=1S/C17H21N3O3/c1-17(13-8-9-13)15(22)20(16(23)18-17)10-11-4-6-12(7-5-11)14(21)19(2)3/h4-7,13H,8-10H2,1-3H3,(H,18,23). The van der Waals surface area contributed by atoms with Crippen LogP contribution in [0.2, 0.25) is 0 Å². The summed E-state index contributed by atoms with van der Waals surface area (Å²) in [5, 5.41) is 2.83. The number of imide groups is 1. The minimum Gasteiger partial charge on any atom is -0.345 e. The molecule has 0 bridgehead atoms. The van der Waals surface area contributed by atoms with Gasteiger partial charge in [0.05, 0.1) is 6.54 Å². The summed E-state index contributed by atoms with van der Waals surface area (Å²) in [5.74, 6) is 0.0235. The number of hydrogen-bond acceptors (Lipinski definition) is 3. The van der Waals surface area contributed by atoms with E-state index in [1.165, 1.54) is 9.80 Å². The number of benzene rings is 1. The largest absolute Gasteiger partial charge is 0.345 e. The lowest BCUT2D eigenvalue weighted by Crippen LogP contribution is -2.46. The number of rotatable bonds is 4. The van der Waals surface area contributed by atoms with E-state index < -0.39 is 5.54 Å². The molecule has 2 fully saturated rings. The van der Waals surface area contributed by atoms with Gasteiger partial charge in [0.2, 0.25) is 0 Å². The van der Waals surface area contributed by atoms with Crippen molar-refractivity contribution in [3.05, 3.63) is 35.4 Å². The summed E-state index contributed by atoms with van der Waals surface area (Å²) in [6.45, 7) is 2.03. The molecule has 1 unspecified atom stereocenters. The third-order valence-corrected chi connectivity index (χ3v) is 4.64. The van der Waals surface area contributed by atoms with E-state index in [9.17, 15) is 14.4 Å². The van der Waals surface area contributed by atoms with Crippen molar-refractivity contribution in [3.63, 3.8) is 0 Å². The van der Waals surface area contributed by atoms with Crippen LogP contribution < -0.4 is 5.32 Å². The first-order valence-corrected chi connectivity index (χ1v) is 7.77. The Bertz CT molecular complexity index is 664. The molecule has 1 heterocycles. The smallest absolute Gasteiger partial charge is 0.325 e. The van der Waals surface area contributed by atoms with Crippen LogP contribution in [0.4, 0.5) is 4.79 Å². The maximum absolute atomic E-state index is 12.6. The molecule has 2 aliphatic rings. The van der Waals surface area contributed by atoms with Crippen LogP contribution in [0.5, 0.6) is 0 Å². The van der Waals surface area contributed by atoms with Gasteiger partial charge in [-0.2, -0.15) is 0 Å². The molecule has 1 N–H and O–H groups in total. The molecule has 6 nitrogen and oxygen atoms in total. The summed E-state index contributed by atoms with van der Waals surface area (Å²) < 4.78 is 0. The van der Waals surface area contributed by atoms with Crippen molar-refractivity contribution in [1.29, 1.82) is 0 Å². The van der Waals surface area contributed by atoms with Crippen LogP contribution in [-0.2, 0) is 11.3 Å². The van der Waals surface area contributed by atoms with Gasteiger partial charge in [0, 0.05) is 19.7 Å². The Hall–Kier alpha value is -2.37. The summed E-state index contributed by atoms with van der Waals surface area (Å²) in [7, 11) is 3.39. The normalized spacial score (nSPS) is 23.9. The lowest BCUT2D eigenvalue weighted by atomic mass is 9.96. The molecule has 1 aliphatic carbocycles. The van der Waals surface area contributed by atoms with E-state index in [2.05, 4.69) is 5.32 Å². The SMILES string of the molecule is CN(C)C(=O)c1ccc(CN2C(=O)NC(C)(C3CC3)C2=O)cc1. The van der Waals surface area contributed by atoms with Crippen molar-refractivity contribution in [3.8, 4) is 0 Å². The van der Waals surface area contributed by atoms with E-state index in [-0.39, 0.29) is 30.3 Å². The number of nitrogens with one attached hydrogen (secondary N) is 1. The molecule has 0 radical (unpaired) electrons. The molecule has 3 rings (SSSR count).